The smallest absolute Gasteiger partial charge is 0.135 e. The van der Waals surface area contributed by atoms with Gasteiger partial charge in [0.2, 0.25) is 0 Å². The maximum Gasteiger partial charge on any atom is 0.135 e. The molecule has 1 atom stereocenters. The normalized spacial score (nSPS) is 16.3. The summed E-state index contributed by atoms with van der Waals surface area (Å²) in [6.45, 7) is 2.13. The fraction of sp³-hybridized carbons (Fsp3) is 0.643. The zero-order valence-electron chi connectivity index (χ0n) is 11.7. The second-order valence-corrected chi connectivity index (χ2v) is 5.84. The first kappa shape index (κ1) is 14.2. The molecule has 1 aliphatic rings. The van der Waals surface area contributed by atoms with Crippen LogP contribution in [-0.2, 0) is 12.8 Å². The molecule has 0 radical (unpaired) electrons. The molecule has 1 aromatic heterocycles. The van der Waals surface area contributed by atoms with Crippen LogP contribution >= 0.6 is 12.2 Å². The molecule has 1 aromatic rings. The van der Waals surface area contributed by atoms with Gasteiger partial charge in [-0.05, 0) is 32.6 Å². The molecule has 1 heterocycles. The van der Waals surface area contributed by atoms with Crippen LogP contribution in [0.5, 0.6) is 0 Å². The minimum atomic E-state index is 0.264. The van der Waals surface area contributed by atoms with Crippen LogP contribution in [0.4, 0.5) is 5.82 Å². The number of rotatable bonds is 4. The zero-order valence-corrected chi connectivity index (χ0v) is 12.5. The van der Waals surface area contributed by atoms with Crippen molar-refractivity contribution >= 4 is 23.0 Å². The fourth-order valence-electron chi connectivity index (χ4n) is 2.62. The molecule has 104 valence electrons. The van der Waals surface area contributed by atoms with E-state index in [1.54, 1.807) is 6.33 Å². The number of hydrogen-bond donors (Lipinski definition) is 1. The Morgan fingerprint density at radius 3 is 2.84 bits per heavy atom. The molecule has 1 unspecified atom stereocenters. The van der Waals surface area contributed by atoms with E-state index in [-0.39, 0.29) is 6.04 Å². The number of fused-ring (bicyclic) bond motifs is 1. The van der Waals surface area contributed by atoms with Crippen LogP contribution in [0, 0.1) is 0 Å². The van der Waals surface area contributed by atoms with Crippen molar-refractivity contribution in [2.75, 3.05) is 11.9 Å². The summed E-state index contributed by atoms with van der Waals surface area (Å²) in [5, 5.41) is 0. The Morgan fingerprint density at radius 1 is 1.37 bits per heavy atom. The van der Waals surface area contributed by atoms with E-state index in [2.05, 4.69) is 28.8 Å². The van der Waals surface area contributed by atoms with Gasteiger partial charge >= 0.3 is 0 Å². The monoisotopic (exact) mass is 278 g/mol. The van der Waals surface area contributed by atoms with Crippen molar-refractivity contribution in [3.8, 4) is 0 Å². The first-order valence-corrected chi connectivity index (χ1v) is 7.34. The number of hydrogen-bond acceptors (Lipinski definition) is 4. The van der Waals surface area contributed by atoms with Crippen LogP contribution in [0.1, 0.15) is 43.9 Å². The van der Waals surface area contributed by atoms with E-state index in [1.165, 1.54) is 30.5 Å². The summed E-state index contributed by atoms with van der Waals surface area (Å²) in [6, 6.07) is 0.264. The van der Waals surface area contributed by atoms with Gasteiger partial charge < -0.3 is 10.6 Å². The summed E-state index contributed by atoms with van der Waals surface area (Å²) >= 11 is 5.00. The highest BCUT2D eigenvalue weighted by Gasteiger charge is 2.20. The van der Waals surface area contributed by atoms with Crippen LogP contribution in [-0.4, -0.2) is 28.0 Å². The average Bonchev–Trinajstić information content (AvgIpc) is 2.61. The summed E-state index contributed by atoms with van der Waals surface area (Å²) in [4.78, 5) is 11.7. The molecule has 5 heteroatoms. The van der Waals surface area contributed by atoms with Crippen molar-refractivity contribution in [1.82, 2.24) is 9.97 Å². The molecular formula is C14H22N4S. The van der Waals surface area contributed by atoms with Gasteiger partial charge in [-0.2, -0.15) is 0 Å². The Labute approximate surface area is 120 Å². The Hall–Kier alpha value is -1.23. The van der Waals surface area contributed by atoms with Gasteiger partial charge in [-0.3, -0.25) is 0 Å². The lowest BCUT2D eigenvalue weighted by molar-refractivity contribution is 0.692. The lowest BCUT2D eigenvalue weighted by Gasteiger charge is -2.28. The molecule has 0 aromatic carbocycles. The largest absolute Gasteiger partial charge is 0.393 e. The van der Waals surface area contributed by atoms with Gasteiger partial charge in [0.25, 0.3) is 0 Å². The molecule has 0 amide bonds. The maximum atomic E-state index is 5.64. The minimum absolute atomic E-state index is 0.264. The SMILES string of the molecule is CC(CC(N)=S)N(C)c1ncnc2c1CCCCC2. The minimum Gasteiger partial charge on any atom is -0.393 e. The number of nitrogens with two attached hydrogens (primary N) is 1. The van der Waals surface area contributed by atoms with Crippen molar-refractivity contribution in [2.45, 2.75) is 51.5 Å². The van der Waals surface area contributed by atoms with Gasteiger partial charge in [-0.15, -0.1) is 0 Å². The number of anilines is 1. The molecule has 4 nitrogen and oxygen atoms in total. The van der Waals surface area contributed by atoms with E-state index in [4.69, 9.17) is 18.0 Å². The highest BCUT2D eigenvalue weighted by molar-refractivity contribution is 7.80. The molecule has 0 fully saturated rings. The van der Waals surface area contributed by atoms with Crippen LogP contribution in [0.3, 0.4) is 0 Å². The average molecular weight is 278 g/mol. The predicted molar refractivity (Wildman–Crippen MR) is 82.6 cm³/mol. The van der Waals surface area contributed by atoms with E-state index < -0.39 is 0 Å². The highest BCUT2D eigenvalue weighted by atomic mass is 32.1. The number of thiocarbonyl (C=S) groups is 1. The van der Waals surface area contributed by atoms with Crippen LogP contribution in [0.2, 0.25) is 0 Å². The first-order chi connectivity index (χ1) is 9.09. The van der Waals surface area contributed by atoms with Crippen molar-refractivity contribution in [2.24, 2.45) is 5.73 Å². The van der Waals surface area contributed by atoms with Crippen molar-refractivity contribution in [3.63, 3.8) is 0 Å². The zero-order chi connectivity index (χ0) is 13.8. The Kier molecular flexibility index (Phi) is 4.69. The van der Waals surface area contributed by atoms with Gasteiger partial charge in [-0.25, -0.2) is 9.97 Å². The van der Waals surface area contributed by atoms with E-state index in [0.717, 1.165) is 18.7 Å². The topological polar surface area (TPSA) is 55.0 Å². The molecule has 0 spiro atoms. The van der Waals surface area contributed by atoms with E-state index in [9.17, 15) is 0 Å². The van der Waals surface area contributed by atoms with Gasteiger partial charge in [0.05, 0.1) is 4.99 Å². The second-order valence-electron chi connectivity index (χ2n) is 5.31. The summed E-state index contributed by atoms with van der Waals surface area (Å²) < 4.78 is 0. The molecule has 1 aliphatic carbocycles. The Balaban J connectivity index is 2.26. The van der Waals surface area contributed by atoms with Gasteiger partial charge in [0.15, 0.2) is 0 Å². The van der Waals surface area contributed by atoms with Crippen molar-refractivity contribution in [1.29, 1.82) is 0 Å². The summed E-state index contributed by atoms with van der Waals surface area (Å²) in [6.07, 6.45) is 8.29. The van der Waals surface area contributed by atoms with Gasteiger partial charge in [-0.1, -0.05) is 18.6 Å². The highest BCUT2D eigenvalue weighted by Crippen LogP contribution is 2.27. The molecule has 0 saturated carbocycles. The summed E-state index contributed by atoms with van der Waals surface area (Å²) in [5.41, 5.74) is 8.18. The van der Waals surface area contributed by atoms with E-state index in [0.29, 0.717) is 11.4 Å². The third-order valence-electron chi connectivity index (χ3n) is 3.84. The van der Waals surface area contributed by atoms with Crippen LogP contribution in [0.25, 0.3) is 0 Å². The molecule has 2 rings (SSSR count). The maximum absolute atomic E-state index is 5.64. The van der Waals surface area contributed by atoms with Crippen LogP contribution in [0.15, 0.2) is 6.33 Å². The fourth-order valence-corrected chi connectivity index (χ4v) is 2.86. The van der Waals surface area contributed by atoms with E-state index in [1.807, 2.05) is 0 Å². The van der Waals surface area contributed by atoms with Gasteiger partial charge in [0.1, 0.15) is 12.1 Å². The summed E-state index contributed by atoms with van der Waals surface area (Å²) in [5.74, 6) is 1.05. The predicted octanol–water partition coefficient (Wildman–Crippen LogP) is 2.25. The Morgan fingerprint density at radius 2 is 2.11 bits per heavy atom. The van der Waals surface area contributed by atoms with Crippen molar-refractivity contribution < 1.29 is 0 Å². The van der Waals surface area contributed by atoms with Crippen LogP contribution < -0.4 is 10.6 Å². The molecule has 0 aliphatic heterocycles. The first-order valence-electron chi connectivity index (χ1n) is 6.93. The Bertz CT molecular complexity index is 461. The number of nitrogens with zero attached hydrogens (tertiary/aromatic N) is 3. The molecular weight excluding hydrogens is 256 g/mol. The lowest BCUT2D eigenvalue weighted by Crippen LogP contribution is -2.34. The number of aromatic nitrogens is 2. The molecule has 19 heavy (non-hydrogen) atoms. The third-order valence-corrected chi connectivity index (χ3v) is 4.01. The quantitative estimate of drug-likeness (QED) is 0.676. The molecule has 0 bridgehead atoms. The van der Waals surface area contributed by atoms with Gasteiger partial charge in [0, 0.05) is 30.8 Å². The number of aryl methyl sites for hydroxylation is 1. The lowest BCUT2D eigenvalue weighted by atomic mass is 10.1. The van der Waals surface area contributed by atoms with E-state index >= 15 is 0 Å². The molecule has 2 N–H and O–H groups in total. The standard InChI is InChI=1S/C14H22N4S/c1-10(8-13(15)19)18(2)14-11-6-4-3-5-7-12(11)16-9-17-14/h9-10H,3-8H2,1-2H3,(H2,15,19). The summed E-state index contributed by atoms with van der Waals surface area (Å²) in [7, 11) is 2.07. The third kappa shape index (κ3) is 3.41. The molecule has 0 saturated heterocycles. The van der Waals surface area contributed by atoms with Crippen molar-refractivity contribution in [3.05, 3.63) is 17.6 Å². The second kappa shape index (κ2) is 6.28.